The van der Waals surface area contributed by atoms with E-state index in [1.54, 1.807) is 6.20 Å². The number of piperazine rings is 1. The number of aromatic nitrogens is 1. The molecule has 3 aromatic rings. The number of fused-ring (bicyclic) bond motifs is 1. The standard InChI is InChI=1S/C27H32N4O3/c1-19(2)26(32)29-21-10-11-24-22(17-21)23(18-28-24)25(27(33)34)31-15-13-30(14-16-31)12-6-9-20-7-4-3-5-8-20/h3-11,17-19,25,28H,12-16H2,1-2H3,(H,29,32)(H,33,34)/b9-6+/t25-/m1/s1. The van der Waals surface area contributed by atoms with Gasteiger partial charge in [0.2, 0.25) is 5.91 Å². The van der Waals surface area contributed by atoms with Crippen molar-refractivity contribution in [2.75, 3.05) is 38.0 Å². The predicted octanol–water partition coefficient (Wildman–Crippen LogP) is 4.22. The van der Waals surface area contributed by atoms with Crippen molar-refractivity contribution in [1.82, 2.24) is 14.8 Å². The summed E-state index contributed by atoms with van der Waals surface area (Å²) in [4.78, 5) is 32.0. The van der Waals surface area contributed by atoms with Crippen LogP contribution in [0.1, 0.15) is 31.0 Å². The Labute approximate surface area is 200 Å². The van der Waals surface area contributed by atoms with Gasteiger partial charge in [0.25, 0.3) is 0 Å². The van der Waals surface area contributed by atoms with E-state index in [1.165, 1.54) is 5.56 Å². The number of carboxylic acids is 1. The van der Waals surface area contributed by atoms with Crippen molar-refractivity contribution in [2.24, 2.45) is 5.92 Å². The van der Waals surface area contributed by atoms with Crippen LogP contribution in [0.2, 0.25) is 0 Å². The first kappa shape index (κ1) is 23.7. The SMILES string of the molecule is CC(C)C(=O)Nc1ccc2[nH]cc([C@H](C(=O)O)N3CCN(C/C=C/c4ccccc4)CC3)c2c1. The molecule has 0 saturated carbocycles. The average molecular weight is 461 g/mol. The lowest BCUT2D eigenvalue weighted by atomic mass is 10.0. The molecule has 1 amide bonds. The zero-order valence-corrected chi connectivity index (χ0v) is 19.7. The number of carbonyl (C=O) groups excluding carboxylic acids is 1. The minimum absolute atomic E-state index is 0.0661. The molecule has 0 unspecified atom stereocenters. The first-order valence-corrected chi connectivity index (χ1v) is 11.7. The van der Waals surface area contributed by atoms with Crippen molar-refractivity contribution in [3.8, 4) is 0 Å². The summed E-state index contributed by atoms with van der Waals surface area (Å²) in [6, 6.07) is 15.0. The molecule has 7 heteroatoms. The van der Waals surface area contributed by atoms with Gasteiger partial charge in [-0.3, -0.25) is 19.4 Å². The van der Waals surface area contributed by atoms with Crippen LogP contribution in [0.15, 0.2) is 60.8 Å². The van der Waals surface area contributed by atoms with Gasteiger partial charge in [-0.15, -0.1) is 0 Å². The minimum atomic E-state index is -0.866. The third-order valence-corrected chi connectivity index (χ3v) is 6.28. The van der Waals surface area contributed by atoms with Gasteiger partial charge in [-0.25, -0.2) is 0 Å². The molecule has 34 heavy (non-hydrogen) atoms. The topological polar surface area (TPSA) is 88.7 Å². The third-order valence-electron chi connectivity index (χ3n) is 6.28. The second kappa shape index (κ2) is 10.7. The van der Waals surface area contributed by atoms with E-state index in [0.717, 1.165) is 36.1 Å². The van der Waals surface area contributed by atoms with Crippen LogP contribution in [0.3, 0.4) is 0 Å². The number of rotatable bonds is 8. The summed E-state index contributed by atoms with van der Waals surface area (Å²) in [5.41, 5.74) is 3.43. The first-order chi connectivity index (χ1) is 16.4. The second-order valence-corrected chi connectivity index (χ2v) is 9.04. The van der Waals surface area contributed by atoms with Gasteiger partial charge in [-0.1, -0.05) is 56.3 Å². The highest BCUT2D eigenvalue weighted by molar-refractivity contribution is 5.96. The lowest BCUT2D eigenvalue weighted by Gasteiger charge is -2.37. The highest BCUT2D eigenvalue weighted by Gasteiger charge is 2.32. The van der Waals surface area contributed by atoms with Gasteiger partial charge in [0.15, 0.2) is 0 Å². The maximum Gasteiger partial charge on any atom is 0.325 e. The molecule has 2 aromatic carbocycles. The third kappa shape index (κ3) is 5.55. The Bertz CT molecular complexity index is 1160. The fourth-order valence-corrected chi connectivity index (χ4v) is 4.32. The van der Waals surface area contributed by atoms with Gasteiger partial charge < -0.3 is 15.4 Å². The molecule has 2 heterocycles. The molecule has 3 N–H and O–H groups in total. The maximum absolute atomic E-state index is 12.4. The minimum Gasteiger partial charge on any atom is -0.480 e. The van der Waals surface area contributed by atoms with Crippen molar-refractivity contribution in [3.05, 3.63) is 71.9 Å². The molecule has 178 valence electrons. The molecule has 0 aliphatic carbocycles. The molecule has 1 aliphatic rings. The number of aliphatic carboxylic acids is 1. The van der Waals surface area contributed by atoms with Crippen molar-refractivity contribution in [2.45, 2.75) is 19.9 Å². The van der Waals surface area contributed by atoms with E-state index >= 15 is 0 Å². The number of nitrogens with zero attached hydrogens (tertiary/aromatic N) is 2. The van der Waals surface area contributed by atoms with Gasteiger partial charge in [0, 0.05) is 67.0 Å². The maximum atomic E-state index is 12.4. The zero-order chi connectivity index (χ0) is 24.1. The van der Waals surface area contributed by atoms with E-state index in [9.17, 15) is 14.7 Å². The summed E-state index contributed by atoms with van der Waals surface area (Å²) in [5, 5.41) is 13.9. The molecule has 1 atom stereocenters. The molecule has 7 nitrogen and oxygen atoms in total. The molecule has 1 aromatic heterocycles. The molecular weight excluding hydrogens is 428 g/mol. The number of anilines is 1. The number of H-pyrrole nitrogens is 1. The van der Waals surface area contributed by atoms with E-state index in [0.29, 0.717) is 18.8 Å². The number of hydrogen-bond donors (Lipinski definition) is 3. The van der Waals surface area contributed by atoms with Crippen LogP contribution in [0.5, 0.6) is 0 Å². The van der Waals surface area contributed by atoms with E-state index in [4.69, 9.17) is 0 Å². The number of amides is 1. The van der Waals surface area contributed by atoms with Crippen LogP contribution >= 0.6 is 0 Å². The average Bonchev–Trinajstić information content (AvgIpc) is 3.23. The summed E-state index contributed by atoms with van der Waals surface area (Å²) in [6.45, 7) is 7.48. The Morgan fingerprint density at radius 2 is 1.82 bits per heavy atom. The Morgan fingerprint density at radius 1 is 1.09 bits per heavy atom. The van der Waals surface area contributed by atoms with Crippen LogP contribution in [0.25, 0.3) is 17.0 Å². The summed E-state index contributed by atoms with van der Waals surface area (Å²) >= 11 is 0. The summed E-state index contributed by atoms with van der Waals surface area (Å²) in [5.74, 6) is -1.06. The Morgan fingerprint density at radius 3 is 2.50 bits per heavy atom. The van der Waals surface area contributed by atoms with Gasteiger partial charge in [-0.2, -0.15) is 0 Å². The van der Waals surface area contributed by atoms with Crippen LogP contribution in [-0.4, -0.2) is 64.5 Å². The molecule has 1 fully saturated rings. The Balaban J connectivity index is 1.45. The van der Waals surface area contributed by atoms with Crippen LogP contribution in [-0.2, 0) is 9.59 Å². The summed E-state index contributed by atoms with van der Waals surface area (Å²) in [6.07, 6.45) is 6.06. The molecule has 0 bridgehead atoms. The molecular formula is C27H32N4O3. The highest BCUT2D eigenvalue weighted by atomic mass is 16.4. The Hall–Kier alpha value is -3.42. The molecule has 0 spiro atoms. The van der Waals surface area contributed by atoms with Crippen molar-refractivity contribution >= 4 is 34.5 Å². The Kier molecular flexibility index (Phi) is 7.45. The predicted molar refractivity (Wildman–Crippen MR) is 136 cm³/mol. The smallest absolute Gasteiger partial charge is 0.325 e. The zero-order valence-electron chi connectivity index (χ0n) is 19.7. The van der Waals surface area contributed by atoms with Gasteiger partial charge in [0.05, 0.1) is 0 Å². The number of benzene rings is 2. The summed E-state index contributed by atoms with van der Waals surface area (Å²) in [7, 11) is 0. The number of nitrogens with one attached hydrogen (secondary N) is 2. The van der Waals surface area contributed by atoms with Gasteiger partial charge in [0.1, 0.15) is 6.04 Å². The van der Waals surface area contributed by atoms with Crippen molar-refractivity contribution < 1.29 is 14.7 Å². The molecule has 0 radical (unpaired) electrons. The molecule has 1 aliphatic heterocycles. The van der Waals surface area contributed by atoms with E-state index in [-0.39, 0.29) is 11.8 Å². The number of carboxylic acid groups (broad SMARTS) is 1. The lowest BCUT2D eigenvalue weighted by molar-refractivity contribution is -0.144. The normalized spacial score (nSPS) is 16.3. The molecule has 1 saturated heterocycles. The van der Waals surface area contributed by atoms with Crippen molar-refractivity contribution in [1.29, 1.82) is 0 Å². The van der Waals surface area contributed by atoms with E-state index in [1.807, 2.05) is 55.1 Å². The molecule has 4 rings (SSSR count). The van der Waals surface area contributed by atoms with E-state index < -0.39 is 12.0 Å². The quantitative estimate of drug-likeness (QED) is 0.468. The highest BCUT2D eigenvalue weighted by Crippen LogP contribution is 2.31. The lowest BCUT2D eigenvalue weighted by Crippen LogP contribution is -2.49. The monoisotopic (exact) mass is 460 g/mol. The second-order valence-electron chi connectivity index (χ2n) is 9.04. The van der Waals surface area contributed by atoms with Crippen LogP contribution in [0, 0.1) is 5.92 Å². The van der Waals surface area contributed by atoms with Crippen molar-refractivity contribution in [3.63, 3.8) is 0 Å². The summed E-state index contributed by atoms with van der Waals surface area (Å²) < 4.78 is 0. The number of hydrogen-bond acceptors (Lipinski definition) is 4. The number of carbonyl (C=O) groups is 2. The fraction of sp³-hybridized carbons (Fsp3) is 0.333. The fourth-order valence-electron chi connectivity index (χ4n) is 4.32. The number of aromatic amines is 1. The van der Waals surface area contributed by atoms with Crippen LogP contribution in [0.4, 0.5) is 5.69 Å². The largest absolute Gasteiger partial charge is 0.480 e. The first-order valence-electron chi connectivity index (χ1n) is 11.7. The van der Waals surface area contributed by atoms with Crippen LogP contribution < -0.4 is 5.32 Å². The van der Waals surface area contributed by atoms with Gasteiger partial charge >= 0.3 is 5.97 Å². The van der Waals surface area contributed by atoms with Gasteiger partial charge in [-0.05, 0) is 23.8 Å². The van der Waals surface area contributed by atoms with E-state index in [2.05, 4.69) is 39.5 Å².